The number of carbonyl (C=O) groups excluding carboxylic acids is 1. The van der Waals surface area contributed by atoms with E-state index in [0.29, 0.717) is 11.4 Å². The number of ether oxygens (including phenoxy) is 1. The first-order chi connectivity index (χ1) is 15.1. The molecule has 8 heteroatoms. The summed E-state index contributed by atoms with van der Waals surface area (Å²) in [5.74, 6) is 0.223. The number of rotatable bonds is 6. The lowest BCUT2D eigenvalue weighted by molar-refractivity contribution is 0.0993. The summed E-state index contributed by atoms with van der Waals surface area (Å²) in [7, 11) is 0.710. The molecule has 0 atom stereocenters. The van der Waals surface area contributed by atoms with Gasteiger partial charge in [0.2, 0.25) is 0 Å². The summed E-state index contributed by atoms with van der Waals surface area (Å²) in [6.07, 6.45) is 0. The summed E-state index contributed by atoms with van der Waals surface area (Å²) in [6.45, 7) is 3.85. The molecule has 0 aliphatic heterocycles. The zero-order valence-corrected chi connectivity index (χ0v) is 20.2. The molecule has 0 spiro atoms. The molecule has 1 amide bonds. The largest absolute Gasteiger partial charge is 0.497 e. The van der Waals surface area contributed by atoms with E-state index in [9.17, 15) is 13.2 Å². The maximum atomic E-state index is 13.2. The van der Waals surface area contributed by atoms with Gasteiger partial charge in [-0.1, -0.05) is 23.7 Å². The summed E-state index contributed by atoms with van der Waals surface area (Å²) < 4.78 is 32.8. The molecule has 3 aromatic rings. The third-order valence-corrected chi connectivity index (χ3v) is 7.40. The first kappa shape index (κ1) is 23.6. The van der Waals surface area contributed by atoms with Crippen LogP contribution in [0.3, 0.4) is 0 Å². The maximum absolute atomic E-state index is 13.2. The Labute approximate surface area is 194 Å². The van der Waals surface area contributed by atoms with Crippen LogP contribution in [0.5, 0.6) is 5.75 Å². The molecule has 0 radical (unpaired) electrons. The van der Waals surface area contributed by atoms with Gasteiger partial charge in [-0.3, -0.25) is 9.10 Å². The Hall–Kier alpha value is -3.03. The average molecular weight is 473 g/mol. The highest BCUT2D eigenvalue weighted by molar-refractivity contribution is 7.92. The van der Waals surface area contributed by atoms with Crippen LogP contribution in [-0.2, 0) is 10.0 Å². The van der Waals surface area contributed by atoms with Crippen molar-refractivity contribution in [1.82, 2.24) is 0 Å². The predicted octanol–water partition coefficient (Wildman–Crippen LogP) is 5.07. The first-order valence-corrected chi connectivity index (χ1v) is 11.7. The number of sulfonamides is 1. The fraction of sp³-hybridized carbons (Fsp3) is 0.208. The molecule has 0 aromatic heterocycles. The quantitative estimate of drug-likeness (QED) is 0.502. The highest BCUT2D eigenvalue weighted by Crippen LogP contribution is 2.29. The van der Waals surface area contributed by atoms with Crippen LogP contribution in [0.1, 0.15) is 21.5 Å². The highest BCUT2D eigenvalue weighted by Gasteiger charge is 2.25. The number of carbonyl (C=O) groups is 1. The van der Waals surface area contributed by atoms with E-state index in [2.05, 4.69) is 0 Å². The lowest BCUT2D eigenvalue weighted by Gasteiger charge is -2.22. The smallest absolute Gasteiger partial charge is 0.264 e. The summed E-state index contributed by atoms with van der Waals surface area (Å²) in [6, 6.07) is 16.6. The average Bonchev–Trinajstić information content (AvgIpc) is 2.79. The van der Waals surface area contributed by atoms with Gasteiger partial charge in [0.05, 0.1) is 28.3 Å². The van der Waals surface area contributed by atoms with Crippen LogP contribution in [0.2, 0.25) is 5.02 Å². The van der Waals surface area contributed by atoms with E-state index >= 15 is 0 Å². The number of halogens is 1. The van der Waals surface area contributed by atoms with E-state index in [1.807, 2.05) is 32.0 Å². The van der Waals surface area contributed by atoms with Gasteiger partial charge in [-0.25, -0.2) is 8.42 Å². The zero-order chi connectivity index (χ0) is 23.6. The van der Waals surface area contributed by atoms with Crippen molar-refractivity contribution < 1.29 is 17.9 Å². The summed E-state index contributed by atoms with van der Waals surface area (Å²) in [5, 5.41) is 0.179. The van der Waals surface area contributed by atoms with Gasteiger partial charge in [0.25, 0.3) is 15.9 Å². The molecule has 6 nitrogen and oxygen atoms in total. The van der Waals surface area contributed by atoms with Gasteiger partial charge in [-0.2, -0.15) is 0 Å². The number of amides is 1. The number of hydrogen-bond acceptors (Lipinski definition) is 4. The van der Waals surface area contributed by atoms with Crippen molar-refractivity contribution >= 4 is 38.9 Å². The Kier molecular flexibility index (Phi) is 6.81. The standard InChI is InChI=1S/C24H25ClN2O4S/c1-16-6-7-17(2)23(14-16)26(3)24(28)21-15-20(12-13-22(21)25)32(29,30)27(4)18-8-10-19(31-5)11-9-18/h6-15H,1-5H3. The van der Waals surface area contributed by atoms with Crippen LogP contribution >= 0.6 is 11.6 Å². The van der Waals surface area contributed by atoms with Gasteiger partial charge in [-0.05, 0) is 73.5 Å². The molecule has 3 aromatic carbocycles. The predicted molar refractivity (Wildman–Crippen MR) is 129 cm³/mol. The number of nitrogens with zero attached hydrogens (tertiary/aromatic N) is 2. The summed E-state index contributed by atoms with van der Waals surface area (Å²) in [4.78, 5) is 14.7. The topological polar surface area (TPSA) is 66.9 Å². The number of methoxy groups -OCH3 is 1. The molecule has 3 rings (SSSR count). The number of benzene rings is 3. The second-order valence-corrected chi connectivity index (χ2v) is 9.84. The highest BCUT2D eigenvalue weighted by atomic mass is 35.5. The van der Waals surface area contributed by atoms with E-state index < -0.39 is 15.9 Å². The third kappa shape index (κ3) is 4.59. The van der Waals surface area contributed by atoms with Crippen molar-refractivity contribution in [2.24, 2.45) is 0 Å². The van der Waals surface area contributed by atoms with Crippen LogP contribution in [0.25, 0.3) is 0 Å². The second-order valence-electron chi connectivity index (χ2n) is 7.47. The van der Waals surface area contributed by atoms with Crippen molar-refractivity contribution in [1.29, 1.82) is 0 Å². The van der Waals surface area contributed by atoms with Crippen molar-refractivity contribution in [2.75, 3.05) is 30.4 Å². The molecule has 0 bridgehead atoms. The van der Waals surface area contributed by atoms with E-state index in [1.54, 1.807) is 31.3 Å². The van der Waals surface area contributed by atoms with Crippen LogP contribution < -0.4 is 13.9 Å². The molecule has 0 aliphatic carbocycles. The lowest BCUT2D eigenvalue weighted by Crippen LogP contribution is -2.29. The Morgan fingerprint density at radius 3 is 2.22 bits per heavy atom. The Morgan fingerprint density at radius 1 is 0.938 bits per heavy atom. The van der Waals surface area contributed by atoms with Gasteiger partial charge in [0, 0.05) is 19.8 Å². The number of hydrogen-bond donors (Lipinski definition) is 0. The molecular formula is C24H25ClN2O4S. The summed E-state index contributed by atoms with van der Waals surface area (Å²) >= 11 is 6.30. The van der Waals surface area contributed by atoms with Crippen LogP contribution in [0.15, 0.2) is 65.6 Å². The Balaban J connectivity index is 1.98. The Morgan fingerprint density at radius 2 is 1.59 bits per heavy atom. The van der Waals surface area contributed by atoms with Gasteiger partial charge < -0.3 is 9.64 Å². The fourth-order valence-corrected chi connectivity index (χ4v) is 4.71. The van der Waals surface area contributed by atoms with Crippen molar-refractivity contribution in [3.8, 4) is 5.75 Å². The van der Waals surface area contributed by atoms with E-state index in [4.69, 9.17) is 16.3 Å². The molecule has 0 saturated heterocycles. The van der Waals surface area contributed by atoms with Crippen molar-refractivity contribution in [3.05, 3.63) is 82.4 Å². The van der Waals surface area contributed by atoms with E-state index in [0.717, 1.165) is 21.1 Å². The van der Waals surface area contributed by atoms with Crippen LogP contribution in [-0.4, -0.2) is 35.5 Å². The monoisotopic (exact) mass is 472 g/mol. The van der Waals surface area contributed by atoms with Gasteiger partial charge in [0.1, 0.15) is 5.75 Å². The van der Waals surface area contributed by atoms with Crippen molar-refractivity contribution in [3.63, 3.8) is 0 Å². The molecule has 0 saturated carbocycles. The molecule has 0 aliphatic rings. The molecular weight excluding hydrogens is 448 g/mol. The lowest BCUT2D eigenvalue weighted by atomic mass is 10.1. The van der Waals surface area contributed by atoms with E-state index in [-0.39, 0.29) is 15.5 Å². The minimum absolute atomic E-state index is 0.0297. The Bertz CT molecular complexity index is 1260. The molecule has 0 fully saturated rings. The summed E-state index contributed by atoms with van der Waals surface area (Å²) in [5.41, 5.74) is 3.23. The van der Waals surface area contributed by atoms with Gasteiger partial charge >= 0.3 is 0 Å². The van der Waals surface area contributed by atoms with E-state index in [1.165, 1.54) is 37.3 Å². The minimum atomic E-state index is -3.93. The van der Waals surface area contributed by atoms with Crippen LogP contribution in [0, 0.1) is 13.8 Å². The molecule has 0 N–H and O–H groups in total. The molecule has 32 heavy (non-hydrogen) atoms. The normalized spacial score (nSPS) is 11.2. The second kappa shape index (κ2) is 9.22. The molecule has 0 heterocycles. The maximum Gasteiger partial charge on any atom is 0.264 e. The van der Waals surface area contributed by atoms with Gasteiger partial charge in [-0.15, -0.1) is 0 Å². The van der Waals surface area contributed by atoms with Gasteiger partial charge in [0.15, 0.2) is 0 Å². The first-order valence-electron chi connectivity index (χ1n) is 9.84. The van der Waals surface area contributed by atoms with Crippen molar-refractivity contribution in [2.45, 2.75) is 18.7 Å². The number of aryl methyl sites for hydroxylation is 2. The number of anilines is 2. The molecule has 168 valence electrons. The van der Waals surface area contributed by atoms with Crippen LogP contribution in [0.4, 0.5) is 11.4 Å². The third-order valence-electron chi connectivity index (χ3n) is 5.29. The minimum Gasteiger partial charge on any atom is -0.497 e. The SMILES string of the molecule is COc1ccc(N(C)S(=O)(=O)c2ccc(Cl)c(C(=O)N(C)c3cc(C)ccc3C)c2)cc1. The zero-order valence-electron chi connectivity index (χ0n) is 18.6. The molecule has 0 unspecified atom stereocenters. The fourth-order valence-electron chi connectivity index (χ4n) is 3.29.